The summed E-state index contributed by atoms with van der Waals surface area (Å²) in [5.41, 5.74) is 4.09. The number of benzene rings is 3. The summed E-state index contributed by atoms with van der Waals surface area (Å²) in [6, 6.07) is 16.1. The van der Waals surface area contributed by atoms with Crippen LogP contribution < -0.4 is 14.9 Å². The molecule has 0 unspecified atom stereocenters. The zero-order chi connectivity index (χ0) is 23.8. The molecule has 1 N–H and O–H groups in total. The maximum Gasteiger partial charge on any atom is 0.250 e. The first-order chi connectivity index (χ1) is 15.9. The third kappa shape index (κ3) is 7.83. The molecule has 0 saturated heterocycles. The lowest BCUT2D eigenvalue weighted by Gasteiger charge is -2.13. The van der Waals surface area contributed by atoms with Gasteiger partial charge in [0.05, 0.1) is 29.1 Å². The molecule has 33 heavy (non-hydrogen) atoms. The van der Waals surface area contributed by atoms with Crippen molar-refractivity contribution in [2.24, 2.45) is 5.10 Å². The van der Waals surface area contributed by atoms with Crippen molar-refractivity contribution in [3.05, 3.63) is 85.3 Å². The van der Waals surface area contributed by atoms with Gasteiger partial charge in [0.2, 0.25) is 5.91 Å². The standard InChI is InChI=1S/C23H18BrCl3N2O3S/c1-31-21-9-15(11-28-29-23(30)13-33-17-5-3-16(25)4-6-17)18(24)10-22(21)32-12-14-2-7-19(26)20(27)8-14/h2-11H,12-13H2,1H3,(H,29,30)/b28-11-. The molecule has 0 atom stereocenters. The molecule has 0 heterocycles. The first-order valence-electron chi connectivity index (χ1n) is 9.50. The quantitative estimate of drug-likeness (QED) is 0.163. The minimum atomic E-state index is -0.226. The first kappa shape index (κ1) is 25.7. The molecule has 172 valence electrons. The molecule has 0 aliphatic heterocycles. The molecule has 5 nitrogen and oxygen atoms in total. The van der Waals surface area contributed by atoms with Crippen LogP contribution in [-0.2, 0) is 11.4 Å². The number of carbonyl (C=O) groups is 1. The van der Waals surface area contributed by atoms with Gasteiger partial charge < -0.3 is 9.47 Å². The summed E-state index contributed by atoms with van der Waals surface area (Å²) < 4.78 is 12.1. The van der Waals surface area contributed by atoms with E-state index in [1.54, 1.807) is 43.5 Å². The van der Waals surface area contributed by atoms with E-state index < -0.39 is 0 Å². The molecule has 0 spiro atoms. The fourth-order valence-electron chi connectivity index (χ4n) is 2.60. The van der Waals surface area contributed by atoms with Gasteiger partial charge in [-0.2, -0.15) is 5.10 Å². The summed E-state index contributed by atoms with van der Waals surface area (Å²) in [6.45, 7) is 0.286. The van der Waals surface area contributed by atoms with Crippen molar-refractivity contribution in [3.8, 4) is 11.5 Å². The minimum Gasteiger partial charge on any atom is -0.493 e. The molecule has 0 aliphatic carbocycles. The molecule has 0 radical (unpaired) electrons. The normalized spacial score (nSPS) is 10.9. The average molecular weight is 589 g/mol. The Balaban J connectivity index is 1.58. The Kier molecular flexibility index (Phi) is 9.77. The number of hydrazone groups is 1. The molecule has 10 heteroatoms. The molecule has 0 aliphatic rings. The predicted molar refractivity (Wildman–Crippen MR) is 139 cm³/mol. The number of nitrogens with one attached hydrogen (secondary N) is 1. The lowest BCUT2D eigenvalue weighted by molar-refractivity contribution is -0.118. The van der Waals surface area contributed by atoms with E-state index in [9.17, 15) is 4.79 Å². The number of thioether (sulfide) groups is 1. The molecule has 3 rings (SSSR count). The number of carbonyl (C=O) groups excluding carboxylic acids is 1. The molecule has 1 amide bonds. The maximum atomic E-state index is 12.1. The van der Waals surface area contributed by atoms with Crippen LogP contribution in [0.5, 0.6) is 11.5 Å². The van der Waals surface area contributed by atoms with Gasteiger partial charge >= 0.3 is 0 Å². The number of ether oxygens (including phenoxy) is 2. The summed E-state index contributed by atoms with van der Waals surface area (Å²) in [7, 11) is 1.55. The van der Waals surface area contributed by atoms with Crippen LogP contribution >= 0.6 is 62.5 Å². The lowest BCUT2D eigenvalue weighted by atomic mass is 10.2. The van der Waals surface area contributed by atoms with Crippen molar-refractivity contribution < 1.29 is 14.3 Å². The van der Waals surface area contributed by atoms with Crippen molar-refractivity contribution in [3.63, 3.8) is 0 Å². The molecule has 3 aromatic rings. The van der Waals surface area contributed by atoms with Crippen molar-refractivity contribution in [2.75, 3.05) is 12.9 Å². The van der Waals surface area contributed by atoms with Gasteiger partial charge in [0.15, 0.2) is 11.5 Å². The highest BCUT2D eigenvalue weighted by Crippen LogP contribution is 2.34. The number of hydrogen-bond donors (Lipinski definition) is 1. The van der Waals surface area contributed by atoms with Crippen LogP contribution in [0, 0.1) is 0 Å². The number of hydrogen-bond acceptors (Lipinski definition) is 5. The summed E-state index contributed by atoms with van der Waals surface area (Å²) in [5, 5.41) is 5.64. The summed E-state index contributed by atoms with van der Waals surface area (Å²) in [6.07, 6.45) is 1.53. The van der Waals surface area contributed by atoms with Gasteiger partial charge in [-0.05, 0) is 70.0 Å². The highest BCUT2D eigenvalue weighted by molar-refractivity contribution is 9.10. The second-order valence-corrected chi connectivity index (χ2v) is 9.75. The molecular formula is C23H18BrCl3N2O3S. The minimum absolute atomic E-state index is 0.226. The molecule has 0 aromatic heterocycles. The Bertz CT molecular complexity index is 1160. The zero-order valence-corrected chi connectivity index (χ0v) is 22.0. The van der Waals surface area contributed by atoms with E-state index in [0.717, 1.165) is 14.9 Å². The van der Waals surface area contributed by atoms with Crippen molar-refractivity contribution in [2.45, 2.75) is 11.5 Å². The van der Waals surface area contributed by atoms with Crippen LogP contribution in [0.1, 0.15) is 11.1 Å². The summed E-state index contributed by atoms with van der Waals surface area (Å²) in [5.74, 6) is 1.06. The van der Waals surface area contributed by atoms with Crippen molar-refractivity contribution >= 4 is 74.6 Å². The summed E-state index contributed by atoms with van der Waals surface area (Å²) >= 11 is 22.8. The van der Waals surface area contributed by atoms with E-state index in [-0.39, 0.29) is 18.3 Å². The first-order valence-corrected chi connectivity index (χ1v) is 12.4. The predicted octanol–water partition coefficient (Wildman–Crippen LogP) is 7.24. The fourth-order valence-corrected chi connectivity index (χ4v) is 4.16. The van der Waals surface area contributed by atoms with E-state index in [0.29, 0.717) is 32.1 Å². The number of methoxy groups -OCH3 is 1. The lowest BCUT2D eigenvalue weighted by Crippen LogP contribution is -2.19. The Morgan fingerprint density at radius 2 is 1.82 bits per heavy atom. The zero-order valence-electron chi connectivity index (χ0n) is 17.3. The largest absolute Gasteiger partial charge is 0.493 e. The number of halogens is 4. The van der Waals surface area contributed by atoms with Crippen molar-refractivity contribution in [1.29, 1.82) is 0 Å². The van der Waals surface area contributed by atoms with E-state index >= 15 is 0 Å². The van der Waals surface area contributed by atoms with E-state index in [1.807, 2.05) is 18.2 Å². The number of amides is 1. The van der Waals surface area contributed by atoms with Crippen LogP contribution in [0.3, 0.4) is 0 Å². The maximum absolute atomic E-state index is 12.1. The van der Waals surface area contributed by atoms with E-state index in [1.165, 1.54) is 18.0 Å². The Morgan fingerprint density at radius 1 is 1.06 bits per heavy atom. The highest BCUT2D eigenvalue weighted by Gasteiger charge is 2.11. The van der Waals surface area contributed by atoms with Gasteiger partial charge in [-0.15, -0.1) is 11.8 Å². The number of rotatable bonds is 9. The van der Waals surface area contributed by atoms with Crippen molar-refractivity contribution in [1.82, 2.24) is 5.43 Å². The second-order valence-electron chi connectivity index (χ2n) is 6.60. The third-order valence-corrected chi connectivity index (χ3v) is 6.93. The molecule has 3 aromatic carbocycles. The average Bonchev–Trinajstić information content (AvgIpc) is 2.80. The van der Waals surface area contributed by atoms with Gasteiger partial charge in [0, 0.05) is 20.0 Å². The SMILES string of the molecule is COc1cc(/C=N\NC(=O)CSc2ccc(Cl)cc2)c(Br)cc1OCc1ccc(Cl)c(Cl)c1. The number of nitrogens with zero attached hydrogens (tertiary/aromatic N) is 1. The Hall–Kier alpha value is -1.90. The topological polar surface area (TPSA) is 59.9 Å². The smallest absolute Gasteiger partial charge is 0.250 e. The highest BCUT2D eigenvalue weighted by atomic mass is 79.9. The van der Waals surface area contributed by atoms with Gasteiger partial charge in [0.25, 0.3) is 0 Å². The van der Waals surface area contributed by atoms with E-state index in [4.69, 9.17) is 44.3 Å². The van der Waals surface area contributed by atoms with E-state index in [2.05, 4.69) is 26.5 Å². The van der Waals surface area contributed by atoms with Gasteiger partial charge in [-0.3, -0.25) is 4.79 Å². The molecule has 0 saturated carbocycles. The van der Waals surface area contributed by atoms with Gasteiger partial charge in [-0.1, -0.05) is 40.9 Å². The molecule has 0 fully saturated rings. The fraction of sp³-hybridized carbons (Fsp3) is 0.130. The monoisotopic (exact) mass is 586 g/mol. The second kappa shape index (κ2) is 12.5. The van der Waals surface area contributed by atoms with Crippen LogP contribution in [0.15, 0.2) is 69.1 Å². The Labute approximate surface area is 219 Å². The van der Waals surface area contributed by atoms with Crippen LogP contribution in [0.2, 0.25) is 15.1 Å². The van der Waals surface area contributed by atoms with Crippen LogP contribution in [0.25, 0.3) is 0 Å². The summed E-state index contributed by atoms with van der Waals surface area (Å²) in [4.78, 5) is 13.0. The Morgan fingerprint density at radius 3 is 2.52 bits per heavy atom. The molecular weight excluding hydrogens is 571 g/mol. The third-order valence-electron chi connectivity index (χ3n) is 4.24. The molecule has 0 bridgehead atoms. The van der Waals surface area contributed by atoms with Crippen LogP contribution in [-0.4, -0.2) is 25.0 Å². The van der Waals surface area contributed by atoms with Gasteiger partial charge in [-0.25, -0.2) is 5.43 Å². The van der Waals surface area contributed by atoms with Gasteiger partial charge in [0.1, 0.15) is 6.61 Å². The van der Waals surface area contributed by atoms with Crippen LogP contribution in [0.4, 0.5) is 0 Å².